The molecule has 0 aliphatic heterocycles. The standard InChI is InChI=1S/C23H29Cl2FN4O4S/c1-5-21(23(32)27-6-2)29(14-18-19(24)8-7-9-20(18)25)22(31)15-30(35(33,34)28(3)4)17-12-10-16(26)11-13-17/h7-13,21H,5-6,14-15H2,1-4H3,(H,27,32)/t21-/m0/s1. The summed E-state index contributed by atoms with van der Waals surface area (Å²) in [5.41, 5.74) is 0.519. The number of carbonyl (C=O) groups excluding carboxylic acids is 2. The van der Waals surface area contributed by atoms with Gasteiger partial charge in [0.15, 0.2) is 0 Å². The van der Waals surface area contributed by atoms with Crippen LogP contribution in [0.3, 0.4) is 0 Å². The molecule has 0 radical (unpaired) electrons. The second-order valence-electron chi connectivity index (χ2n) is 7.81. The predicted octanol–water partition coefficient (Wildman–Crippen LogP) is 3.69. The van der Waals surface area contributed by atoms with Crippen molar-refractivity contribution >= 4 is 50.9 Å². The smallest absolute Gasteiger partial charge is 0.304 e. The van der Waals surface area contributed by atoms with Crippen molar-refractivity contribution < 1.29 is 22.4 Å². The highest BCUT2D eigenvalue weighted by atomic mass is 35.5. The Morgan fingerprint density at radius 2 is 1.60 bits per heavy atom. The minimum absolute atomic E-state index is 0.0928. The molecule has 0 unspecified atom stereocenters. The normalized spacial score (nSPS) is 12.3. The number of likely N-dealkylation sites (N-methyl/N-ethyl adjacent to an activating group) is 1. The number of nitrogens with one attached hydrogen (secondary N) is 1. The van der Waals surface area contributed by atoms with Gasteiger partial charge < -0.3 is 10.2 Å². The van der Waals surface area contributed by atoms with Crippen molar-refractivity contribution in [3.63, 3.8) is 0 Å². The van der Waals surface area contributed by atoms with Crippen LogP contribution in [0.25, 0.3) is 0 Å². The molecule has 2 aromatic rings. The minimum atomic E-state index is -4.14. The number of rotatable bonds is 11. The van der Waals surface area contributed by atoms with Crippen LogP contribution in [0, 0.1) is 5.82 Å². The molecule has 2 amide bonds. The van der Waals surface area contributed by atoms with Crippen LogP contribution in [0.4, 0.5) is 10.1 Å². The molecule has 8 nitrogen and oxygen atoms in total. The maximum absolute atomic E-state index is 13.7. The molecule has 1 N–H and O–H groups in total. The van der Waals surface area contributed by atoms with Crippen LogP contribution in [-0.2, 0) is 26.3 Å². The van der Waals surface area contributed by atoms with E-state index in [1.165, 1.54) is 31.1 Å². The van der Waals surface area contributed by atoms with Gasteiger partial charge in [-0.3, -0.25) is 9.59 Å². The molecule has 0 aliphatic carbocycles. The van der Waals surface area contributed by atoms with E-state index >= 15 is 0 Å². The number of anilines is 1. The van der Waals surface area contributed by atoms with Crippen LogP contribution in [-0.4, -0.2) is 62.7 Å². The number of hydrogen-bond donors (Lipinski definition) is 1. The highest BCUT2D eigenvalue weighted by Gasteiger charge is 2.34. The van der Waals surface area contributed by atoms with Crippen LogP contribution in [0.2, 0.25) is 10.0 Å². The Morgan fingerprint density at radius 3 is 2.09 bits per heavy atom. The minimum Gasteiger partial charge on any atom is -0.355 e. The number of benzene rings is 2. The lowest BCUT2D eigenvalue weighted by Gasteiger charge is -2.34. The number of halogens is 3. The lowest BCUT2D eigenvalue weighted by Crippen LogP contribution is -2.53. The molecular weight excluding hydrogens is 518 g/mol. The van der Waals surface area contributed by atoms with Crippen LogP contribution in [0.1, 0.15) is 25.8 Å². The van der Waals surface area contributed by atoms with Gasteiger partial charge in [-0.15, -0.1) is 0 Å². The van der Waals surface area contributed by atoms with Gasteiger partial charge in [-0.25, -0.2) is 8.70 Å². The zero-order valence-electron chi connectivity index (χ0n) is 20.0. The zero-order valence-corrected chi connectivity index (χ0v) is 22.3. The molecule has 0 bridgehead atoms. The summed E-state index contributed by atoms with van der Waals surface area (Å²) < 4.78 is 41.5. The van der Waals surface area contributed by atoms with Gasteiger partial charge in [-0.05, 0) is 49.7 Å². The number of amides is 2. The molecule has 1 atom stereocenters. The Bertz CT molecular complexity index is 1130. The van der Waals surface area contributed by atoms with E-state index in [1.807, 2.05) is 0 Å². The highest BCUT2D eigenvalue weighted by molar-refractivity contribution is 7.90. The van der Waals surface area contributed by atoms with Crippen molar-refractivity contribution in [2.24, 2.45) is 0 Å². The SMILES string of the molecule is CCNC(=O)[C@H](CC)N(Cc1c(Cl)cccc1Cl)C(=O)CN(c1ccc(F)cc1)S(=O)(=O)N(C)C. The van der Waals surface area contributed by atoms with E-state index in [2.05, 4.69) is 5.32 Å². The third kappa shape index (κ3) is 7.07. The van der Waals surface area contributed by atoms with E-state index in [1.54, 1.807) is 32.0 Å². The third-order valence-electron chi connectivity index (χ3n) is 5.26. The van der Waals surface area contributed by atoms with Gasteiger partial charge in [0.25, 0.3) is 0 Å². The first kappa shape index (κ1) is 28.8. The van der Waals surface area contributed by atoms with E-state index in [4.69, 9.17) is 23.2 Å². The van der Waals surface area contributed by atoms with Gasteiger partial charge in [0.05, 0.1) is 5.69 Å². The summed E-state index contributed by atoms with van der Waals surface area (Å²) in [6.45, 7) is 3.08. The summed E-state index contributed by atoms with van der Waals surface area (Å²) in [5, 5.41) is 3.31. The monoisotopic (exact) mass is 546 g/mol. The average Bonchev–Trinajstić information content (AvgIpc) is 2.79. The molecule has 0 aromatic heterocycles. The van der Waals surface area contributed by atoms with Gasteiger partial charge >= 0.3 is 10.2 Å². The van der Waals surface area contributed by atoms with E-state index in [-0.39, 0.29) is 18.7 Å². The first-order chi connectivity index (χ1) is 16.4. The Hall–Kier alpha value is -2.40. The molecule has 12 heteroatoms. The van der Waals surface area contributed by atoms with Crippen molar-refractivity contribution in [2.45, 2.75) is 32.9 Å². The molecule has 0 heterocycles. The number of carbonyl (C=O) groups is 2. The Kier molecular flexibility index (Phi) is 10.3. The van der Waals surface area contributed by atoms with Crippen LogP contribution in [0.5, 0.6) is 0 Å². The summed E-state index contributed by atoms with van der Waals surface area (Å²) in [6, 6.07) is 8.69. The fraction of sp³-hybridized carbons (Fsp3) is 0.391. The zero-order chi connectivity index (χ0) is 26.3. The maximum Gasteiger partial charge on any atom is 0.304 e. The quantitative estimate of drug-likeness (QED) is 0.465. The van der Waals surface area contributed by atoms with E-state index in [0.29, 0.717) is 22.2 Å². The topological polar surface area (TPSA) is 90.0 Å². The molecule has 0 saturated carbocycles. The molecule has 2 rings (SSSR count). The second kappa shape index (κ2) is 12.5. The summed E-state index contributed by atoms with van der Waals surface area (Å²) in [6.07, 6.45) is 0.261. The summed E-state index contributed by atoms with van der Waals surface area (Å²) in [7, 11) is -1.50. The van der Waals surface area contributed by atoms with Gasteiger partial charge in [0.1, 0.15) is 18.4 Å². The fourth-order valence-corrected chi connectivity index (χ4v) is 4.96. The fourth-order valence-electron chi connectivity index (χ4n) is 3.39. The van der Waals surface area contributed by atoms with Crippen molar-refractivity contribution in [1.29, 1.82) is 0 Å². The number of hydrogen-bond acceptors (Lipinski definition) is 4. The molecule has 35 heavy (non-hydrogen) atoms. The summed E-state index contributed by atoms with van der Waals surface area (Å²) in [5.74, 6) is -1.61. The van der Waals surface area contributed by atoms with E-state index in [0.717, 1.165) is 20.7 Å². The predicted molar refractivity (Wildman–Crippen MR) is 136 cm³/mol. The van der Waals surface area contributed by atoms with Crippen molar-refractivity contribution in [3.8, 4) is 0 Å². The van der Waals surface area contributed by atoms with Gasteiger partial charge in [-0.1, -0.05) is 36.2 Å². The molecule has 0 saturated heterocycles. The van der Waals surface area contributed by atoms with Crippen LogP contribution >= 0.6 is 23.2 Å². The van der Waals surface area contributed by atoms with E-state index < -0.39 is 40.4 Å². The molecule has 0 spiro atoms. The lowest BCUT2D eigenvalue weighted by molar-refractivity contribution is -0.140. The Balaban J connectivity index is 2.55. The van der Waals surface area contributed by atoms with Crippen molar-refractivity contribution in [3.05, 3.63) is 63.9 Å². The Morgan fingerprint density at radius 1 is 1.03 bits per heavy atom. The average molecular weight is 547 g/mol. The highest BCUT2D eigenvalue weighted by Crippen LogP contribution is 2.28. The van der Waals surface area contributed by atoms with Crippen LogP contribution in [0.15, 0.2) is 42.5 Å². The van der Waals surface area contributed by atoms with Crippen molar-refractivity contribution in [2.75, 3.05) is 31.5 Å². The third-order valence-corrected chi connectivity index (χ3v) is 7.79. The summed E-state index contributed by atoms with van der Waals surface area (Å²) in [4.78, 5) is 27.7. The largest absolute Gasteiger partial charge is 0.355 e. The first-order valence-corrected chi connectivity index (χ1v) is 13.0. The molecule has 0 aliphatic rings. The van der Waals surface area contributed by atoms with Crippen molar-refractivity contribution in [1.82, 2.24) is 14.5 Å². The molecule has 2 aromatic carbocycles. The second-order valence-corrected chi connectivity index (χ2v) is 10.7. The van der Waals surface area contributed by atoms with Gasteiger partial charge in [0, 0.05) is 42.8 Å². The van der Waals surface area contributed by atoms with E-state index in [9.17, 15) is 22.4 Å². The first-order valence-electron chi connectivity index (χ1n) is 10.9. The molecule has 0 fully saturated rings. The maximum atomic E-state index is 13.7. The van der Waals surface area contributed by atoms with Gasteiger partial charge in [-0.2, -0.15) is 12.7 Å². The van der Waals surface area contributed by atoms with Crippen LogP contribution < -0.4 is 9.62 Å². The Labute approximate surface area is 215 Å². The van der Waals surface area contributed by atoms with Gasteiger partial charge in [0.2, 0.25) is 11.8 Å². The molecule has 192 valence electrons. The lowest BCUT2D eigenvalue weighted by atomic mass is 10.1. The number of nitrogens with zero attached hydrogens (tertiary/aromatic N) is 3. The molecular formula is C23H29Cl2FN4O4S. The summed E-state index contributed by atoms with van der Waals surface area (Å²) >= 11 is 12.7.